The maximum atomic E-state index is 12.1. The van der Waals surface area contributed by atoms with Gasteiger partial charge >= 0.3 is 0 Å². The topological polar surface area (TPSA) is 81.4 Å². The summed E-state index contributed by atoms with van der Waals surface area (Å²) in [6, 6.07) is 1.96. The Bertz CT molecular complexity index is 546. The molecule has 0 radical (unpaired) electrons. The van der Waals surface area contributed by atoms with Crippen LogP contribution in [-0.2, 0) is 14.8 Å². The molecule has 3 N–H and O–H groups in total. The number of sulfonamides is 1. The molecule has 0 saturated heterocycles. The zero-order valence-electron chi connectivity index (χ0n) is 12.0. The lowest BCUT2D eigenvalue weighted by Gasteiger charge is -2.26. The number of hydrogen-bond donors (Lipinski definition) is 2. The minimum atomic E-state index is -3.44. The second kappa shape index (κ2) is 7.52. The number of aryl methyl sites for hydroxylation is 1. The standard InChI is InChI=1S/C13H21BrN2O3S2/c1-9-8-12(20-13(9)14)21(17,18)16-6-7-19-11-4-2-10(15)3-5-11/h8,10-11,16H,2-7,15H2,1H3. The Morgan fingerprint density at radius 3 is 2.67 bits per heavy atom. The minimum Gasteiger partial charge on any atom is -0.377 e. The molecule has 1 heterocycles. The Kier molecular flexibility index (Phi) is 6.22. The molecule has 1 fully saturated rings. The van der Waals surface area contributed by atoms with Crippen LogP contribution in [0.5, 0.6) is 0 Å². The van der Waals surface area contributed by atoms with Crippen molar-refractivity contribution in [2.45, 2.75) is 49.0 Å². The molecule has 1 aliphatic carbocycles. The van der Waals surface area contributed by atoms with E-state index in [0.717, 1.165) is 35.0 Å². The van der Waals surface area contributed by atoms with Crippen LogP contribution in [0.15, 0.2) is 14.1 Å². The van der Waals surface area contributed by atoms with Gasteiger partial charge in [0.2, 0.25) is 10.0 Å². The molecule has 0 atom stereocenters. The fourth-order valence-electron chi connectivity index (χ4n) is 2.29. The second-order valence-electron chi connectivity index (χ2n) is 5.33. The van der Waals surface area contributed by atoms with Crippen molar-refractivity contribution in [1.82, 2.24) is 4.72 Å². The minimum absolute atomic E-state index is 0.215. The van der Waals surface area contributed by atoms with Crippen LogP contribution in [0.4, 0.5) is 0 Å². The van der Waals surface area contributed by atoms with Crippen molar-refractivity contribution in [3.05, 3.63) is 15.4 Å². The van der Waals surface area contributed by atoms with Crippen molar-refractivity contribution in [2.24, 2.45) is 5.73 Å². The molecule has 0 spiro atoms. The van der Waals surface area contributed by atoms with E-state index in [-0.39, 0.29) is 6.10 Å². The molecular formula is C13H21BrN2O3S2. The summed E-state index contributed by atoms with van der Waals surface area (Å²) < 4.78 is 33.7. The average molecular weight is 397 g/mol. The van der Waals surface area contributed by atoms with Gasteiger partial charge in [0.1, 0.15) is 4.21 Å². The highest BCUT2D eigenvalue weighted by molar-refractivity contribution is 9.11. The number of hydrogen-bond acceptors (Lipinski definition) is 5. The zero-order chi connectivity index (χ0) is 15.5. The predicted molar refractivity (Wildman–Crippen MR) is 88.1 cm³/mol. The summed E-state index contributed by atoms with van der Waals surface area (Å²) in [6.45, 7) is 2.56. The first-order valence-electron chi connectivity index (χ1n) is 7.01. The van der Waals surface area contributed by atoms with Crippen LogP contribution >= 0.6 is 27.3 Å². The van der Waals surface area contributed by atoms with E-state index in [2.05, 4.69) is 20.7 Å². The van der Waals surface area contributed by atoms with Crippen molar-refractivity contribution < 1.29 is 13.2 Å². The SMILES string of the molecule is Cc1cc(S(=O)(=O)NCCOC2CCC(N)CC2)sc1Br. The molecule has 2 rings (SSSR count). The highest BCUT2D eigenvalue weighted by atomic mass is 79.9. The van der Waals surface area contributed by atoms with E-state index in [1.54, 1.807) is 6.07 Å². The molecule has 5 nitrogen and oxygen atoms in total. The van der Waals surface area contributed by atoms with E-state index in [1.807, 2.05) is 6.92 Å². The number of nitrogens with two attached hydrogens (primary N) is 1. The lowest BCUT2D eigenvalue weighted by Crippen LogP contribution is -2.32. The molecule has 0 aromatic carbocycles. The van der Waals surface area contributed by atoms with Gasteiger partial charge < -0.3 is 10.5 Å². The normalized spacial score (nSPS) is 23.4. The van der Waals surface area contributed by atoms with Gasteiger partial charge in [-0.1, -0.05) is 0 Å². The maximum absolute atomic E-state index is 12.1. The van der Waals surface area contributed by atoms with Crippen LogP contribution in [-0.4, -0.2) is 33.7 Å². The molecule has 0 aliphatic heterocycles. The molecule has 8 heteroatoms. The summed E-state index contributed by atoms with van der Waals surface area (Å²) in [5, 5.41) is 0. The smallest absolute Gasteiger partial charge is 0.250 e. The molecule has 21 heavy (non-hydrogen) atoms. The van der Waals surface area contributed by atoms with Crippen molar-refractivity contribution in [3.8, 4) is 0 Å². The third kappa shape index (κ3) is 5.01. The van der Waals surface area contributed by atoms with Gasteiger partial charge in [0.15, 0.2) is 0 Å². The lowest BCUT2D eigenvalue weighted by atomic mass is 9.94. The molecule has 0 bridgehead atoms. The molecular weight excluding hydrogens is 376 g/mol. The number of halogens is 1. The summed E-state index contributed by atoms with van der Waals surface area (Å²) in [5.74, 6) is 0. The fourth-order valence-corrected chi connectivity index (χ4v) is 5.58. The molecule has 1 aromatic rings. The van der Waals surface area contributed by atoms with Crippen molar-refractivity contribution in [1.29, 1.82) is 0 Å². The number of thiophene rings is 1. The van der Waals surface area contributed by atoms with E-state index in [0.29, 0.717) is 23.4 Å². The van der Waals surface area contributed by atoms with Crippen LogP contribution < -0.4 is 10.5 Å². The van der Waals surface area contributed by atoms with Gasteiger partial charge in [-0.25, -0.2) is 13.1 Å². The molecule has 1 aromatic heterocycles. The van der Waals surface area contributed by atoms with Crippen molar-refractivity contribution >= 4 is 37.3 Å². The van der Waals surface area contributed by atoms with Crippen LogP contribution in [0.25, 0.3) is 0 Å². The van der Waals surface area contributed by atoms with E-state index in [4.69, 9.17) is 10.5 Å². The van der Waals surface area contributed by atoms with Crippen LogP contribution in [0, 0.1) is 6.92 Å². The van der Waals surface area contributed by atoms with Crippen LogP contribution in [0.1, 0.15) is 31.2 Å². The third-order valence-corrected chi connectivity index (χ3v) is 7.64. The van der Waals surface area contributed by atoms with Crippen LogP contribution in [0.2, 0.25) is 0 Å². The average Bonchev–Trinajstić information content (AvgIpc) is 2.78. The first-order chi connectivity index (χ1) is 9.88. The van der Waals surface area contributed by atoms with Gasteiger partial charge in [0, 0.05) is 12.6 Å². The second-order valence-corrected chi connectivity index (χ2v) is 9.69. The third-order valence-electron chi connectivity index (χ3n) is 3.57. The molecule has 120 valence electrons. The number of rotatable bonds is 6. The van der Waals surface area contributed by atoms with Gasteiger partial charge in [0.25, 0.3) is 0 Å². The van der Waals surface area contributed by atoms with Crippen molar-refractivity contribution in [2.75, 3.05) is 13.2 Å². The van der Waals surface area contributed by atoms with E-state index >= 15 is 0 Å². The van der Waals surface area contributed by atoms with Crippen LogP contribution in [0.3, 0.4) is 0 Å². The number of ether oxygens (including phenoxy) is 1. The monoisotopic (exact) mass is 396 g/mol. The maximum Gasteiger partial charge on any atom is 0.250 e. The summed E-state index contributed by atoms with van der Waals surface area (Å²) in [4.78, 5) is 0. The molecule has 0 amide bonds. The fraction of sp³-hybridized carbons (Fsp3) is 0.692. The van der Waals surface area contributed by atoms with Crippen molar-refractivity contribution in [3.63, 3.8) is 0 Å². The summed E-state index contributed by atoms with van der Waals surface area (Å²) in [5.41, 5.74) is 6.76. The summed E-state index contributed by atoms with van der Waals surface area (Å²) in [6.07, 6.45) is 4.11. The number of nitrogens with one attached hydrogen (secondary N) is 1. The Morgan fingerprint density at radius 1 is 1.43 bits per heavy atom. The van der Waals surface area contributed by atoms with Gasteiger partial charge in [-0.05, 0) is 60.2 Å². The van der Waals surface area contributed by atoms with E-state index in [9.17, 15) is 8.42 Å². The first kappa shape index (κ1) is 17.4. The predicted octanol–water partition coefficient (Wildman–Crippen LogP) is 2.38. The Labute approximate surface area is 138 Å². The lowest BCUT2D eigenvalue weighted by molar-refractivity contribution is 0.0287. The zero-order valence-corrected chi connectivity index (χ0v) is 15.2. The molecule has 1 aliphatic rings. The van der Waals surface area contributed by atoms with Gasteiger partial charge in [-0.15, -0.1) is 11.3 Å². The molecule has 1 saturated carbocycles. The Balaban J connectivity index is 1.75. The van der Waals surface area contributed by atoms with E-state index in [1.165, 1.54) is 11.3 Å². The van der Waals surface area contributed by atoms with Gasteiger partial charge in [-0.2, -0.15) is 0 Å². The van der Waals surface area contributed by atoms with Gasteiger partial charge in [0.05, 0.1) is 16.5 Å². The Morgan fingerprint density at radius 2 is 2.10 bits per heavy atom. The first-order valence-corrected chi connectivity index (χ1v) is 10.1. The highest BCUT2D eigenvalue weighted by Crippen LogP contribution is 2.30. The quantitative estimate of drug-likeness (QED) is 0.723. The van der Waals surface area contributed by atoms with E-state index < -0.39 is 10.0 Å². The largest absolute Gasteiger partial charge is 0.377 e. The highest BCUT2D eigenvalue weighted by Gasteiger charge is 2.20. The summed E-state index contributed by atoms with van der Waals surface area (Å²) in [7, 11) is -3.44. The summed E-state index contributed by atoms with van der Waals surface area (Å²) >= 11 is 4.56. The Hall–Kier alpha value is 0.01000. The van der Waals surface area contributed by atoms with Gasteiger partial charge in [-0.3, -0.25) is 0 Å². The molecule has 0 unspecified atom stereocenters.